The first-order chi connectivity index (χ1) is 17.0. The van der Waals surface area contributed by atoms with Crippen LogP contribution in [0.2, 0.25) is 0 Å². The van der Waals surface area contributed by atoms with Crippen molar-refractivity contribution in [2.75, 3.05) is 38.0 Å². The largest absolute Gasteiger partial charge is 0.497 e. The normalized spacial score (nSPS) is 12.5. The van der Waals surface area contributed by atoms with Crippen LogP contribution in [0.4, 0.5) is 15.5 Å². The zero-order valence-electron chi connectivity index (χ0n) is 19.9. The van der Waals surface area contributed by atoms with Gasteiger partial charge in [-0.15, -0.1) is 11.3 Å². The summed E-state index contributed by atoms with van der Waals surface area (Å²) in [4.78, 5) is 32.6. The van der Waals surface area contributed by atoms with Crippen molar-refractivity contribution in [2.24, 2.45) is 0 Å². The molecule has 2 amide bonds. The minimum atomic E-state index is -0.343. The molecule has 2 N–H and O–H groups in total. The topological polar surface area (TPSA) is 102 Å². The Bertz CT molecular complexity index is 1200. The highest BCUT2D eigenvalue weighted by atomic mass is 32.1. The summed E-state index contributed by atoms with van der Waals surface area (Å²) < 4.78 is 15.9. The smallest absolute Gasteiger partial charge is 0.410 e. The monoisotopic (exact) mass is 496 g/mol. The number of fused-ring (bicyclic) bond motifs is 1. The van der Waals surface area contributed by atoms with Gasteiger partial charge in [-0.25, -0.2) is 4.79 Å². The van der Waals surface area contributed by atoms with Gasteiger partial charge in [-0.1, -0.05) is 0 Å². The van der Waals surface area contributed by atoms with Gasteiger partial charge in [0.2, 0.25) is 0 Å². The SMILES string of the molecule is CCOC(=O)N1CCc2c(sc(NCc3ccncc3)c2C(=O)Nc2cc(OC)ccc2OC)C1. The fourth-order valence-corrected chi connectivity index (χ4v) is 5.17. The Labute approximate surface area is 208 Å². The first-order valence-electron chi connectivity index (χ1n) is 11.3. The van der Waals surface area contributed by atoms with Crippen LogP contribution in [0.15, 0.2) is 42.7 Å². The van der Waals surface area contributed by atoms with Gasteiger partial charge in [-0.05, 0) is 48.7 Å². The van der Waals surface area contributed by atoms with Gasteiger partial charge >= 0.3 is 6.09 Å². The zero-order valence-corrected chi connectivity index (χ0v) is 20.7. The van der Waals surface area contributed by atoms with Gasteiger partial charge in [-0.2, -0.15) is 0 Å². The molecule has 0 saturated heterocycles. The molecule has 184 valence electrons. The molecule has 0 atom stereocenters. The van der Waals surface area contributed by atoms with Crippen molar-refractivity contribution in [2.45, 2.75) is 26.4 Å². The number of hydrogen-bond acceptors (Lipinski definition) is 8. The molecular formula is C25H28N4O5S. The molecule has 0 unspecified atom stereocenters. The third kappa shape index (κ3) is 5.48. The number of ether oxygens (including phenoxy) is 3. The van der Waals surface area contributed by atoms with Crippen molar-refractivity contribution in [3.63, 3.8) is 0 Å². The van der Waals surface area contributed by atoms with Crippen molar-refractivity contribution in [3.8, 4) is 11.5 Å². The van der Waals surface area contributed by atoms with Crippen LogP contribution in [-0.2, 0) is 24.2 Å². The number of thiophene rings is 1. The summed E-state index contributed by atoms with van der Waals surface area (Å²) in [6.45, 7) is 3.52. The van der Waals surface area contributed by atoms with E-state index >= 15 is 0 Å². The van der Waals surface area contributed by atoms with Crippen LogP contribution in [0.25, 0.3) is 0 Å². The van der Waals surface area contributed by atoms with Gasteiger partial charge in [0.25, 0.3) is 5.91 Å². The van der Waals surface area contributed by atoms with E-state index in [9.17, 15) is 9.59 Å². The van der Waals surface area contributed by atoms with E-state index in [2.05, 4.69) is 15.6 Å². The minimum absolute atomic E-state index is 0.254. The van der Waals surface area contributed by atoms with E-state index in [1.165, 1.54) is 11.3 Å². The Morgan fingerprint density at radius 2 is 1.94 bits per heavy atom. The summed E-state index contributed by atoms with van der Waals surface area (Å²) in [6.07, 6.45) is 3.68. The van der Waals surface area contributed by atoms with Crippen molar-refractivity contribution in [1.82, 2.24) is 9.88 Å². The number of carbonyl (C=O) groups is 2. The molecule has 1 aliphatic rings. The molecule has 35 heavy (non-hydrogen) atoms. The second-order valence-electron chi connectivity index (χ2n) is 7.81. The maximum atomic E-state index is 13.6. The van der Waals surface area contributed by atoms with E-state index < -0.39 is 0 Å². The minimum Gasteiger partial charge on any atom is -0.497 e. The lowest BCUT2D eigenvalue weighted by Gasteiger charge is -2.26. The van der Waals surface area contributed by atoms with Crippen LogP contribution in [0.5, 0.6) is 11.5 Å². The number of amides is 2. The van der Waals surface area contributed by atoms with Crippen LogP contribution < -0.4 is 20.1 Å². The van der Waals surface area contributed by atoms with E-state index in [4.69, 9.17) is 14.2 Å². The number of pyridine rings is 1. The quantitative estimate of drug-likeness (QED) is 0.472. The number of anilines is 2. The summed E-state index contributed by atoms with van der Waals surface area (Å²) in [5.74, 6) is 0.883. The zero-order chi connectivity index (χ0) is 24.8. The van der Waals surface area contributed by atoms with Crippen LogP contribution in [0, 0.1) is 0 Å². The lowest BCUT2D eigenvalue weighted by molar-refractivity contribution is 0.102. The van der Waals surface area contributed by atoms with Crippen LogP contribution >= 0.6 is 11.3 Å². The Morgan fingerprint density at radius 1 is 1.14 bits per heavy atom. The predicted octanol–water partition coefficient (Wildman–Crippen LogP) is 4.54. The number of methoxy groups -OCH3 is 2. The van der Waals surface area contributed by atoms with Gasteiger partial charge in [0.05, 0.1) is 38.6 Å². The number of carbonyl (C=O) groups excluding carboxylic acids is 2. The number of rotatable bonds is 8. The van der Waals surface area contributed by atoms with E-state index in [-0.39, 0.29) is 12.0 Å². The van der Waals surface area contributed by atoms with E-state index in [0.29, 0.717) is 55.4 Å². The molecule has 4 rings (SSSR count). The molecule has 0 spiro atoms. The molecule has 1 aliphatic heterocycles. The molecule has 0 bridgehead atoms. The molecular weight excluding hydrogens is 468 g/mol. The molecule has 3 heterocycles. The van der Waals surface area contributed by atoms with Crippen molar-refractivity contribution < 1.29 is 23.8 Å². The van der Waals surface area contributed by atoms with Gasteiger partial charge in [0.15, 0.2) is 0 Å². The van der Waals surface area contributed by atoms with Crippen LogP contribution in [-0.4, -0.2) is 49.3 Å². The molecule has 0 fully saturated rings. The summed E-state index contributed by atoms with van der Waals surface area (Å²) >= 11 is 1.48. The van der Waals surface area contributed by atoms with Gasteiger partial charge < -0.3 is 29.7 Å². The molecule has 0 saturated carbocycles. The summed E-state index contributed by atoms with van der Waals surface area (Å²) in [5.41, 5.74) is 3.07. The Balaban J connectivity index is 1.65. The number of nitrogens with zero attached hydrogens (tertiary/aromatic N) is 2. The molecule has 0 radical (unpaired) electrons. The highest BCUT2D eigenvalue weighted by Crippen LogP contribution is 2.39. The first kappa shape index (κ1) is 24.3. The Morgan fingerprint density at radius 3 is 2.66 bits per heavy atom. The van der Waals surface area contributed by atoms with Gasteiger partial charge in [0.1, 0.15) is 16.5 Å². The number of benzene rings is 1. The van der Waals surface area contributed by atoms with Gasteiger partial charge in [-0.3, -0.25) is 9.78 Å². The fraction of sp³-hybridized carbons (Fsp3) is 0.320. The second-order valence-corrected chi connectivity index (χ2v) is 8.91. The van der Waals surface area contributed by atoms with Crippen molar-refractivity contribution in [1.29, 1.82) is 0 Å². The predicted molar refractivity (Wildman–Crippen MR) is 135 cm³/mol. The van der Waals surface area contributed by atoms with Crippen LogP contribution in [0.1, 0.15) is 33.3 Å². The lowest BCUT2D eigenvalue weighted by atomic mass is 10.0. The number of aromatic nitrogens is 1. The number of hydrogen-bond donors (Lipinski definition) is 2. The molecule has 2 aromatic heterocycles. The Kier molecular flexibility index (Phi) is 7.71. The number of nitrogens with one attached hydrogen (secondary N) is 2. The van der Waals surface area contributed by atoms with Gasteiger partial charge in [0, 0.05) is 36.4 Å². The summed E-state index contributed by atoms with van der Waals surface area (Å²) in [5, 5.41) is 7.15. The molecule has 10 heteroatoms. The third-order valence-electron chi connectivity index (χ3n) is 5.67. The molecule has 1 aromatic carbocycles. The second kappa shape index (κ2) is 11.1. The highest BCUT2D eigenvalue weighted by molar-refractivity contribution is 7.16. The van der Waals surface area contributed by atoms with E-state index in [1.54, 1.807) is 56.6 Å². The van der Waals surface area contributed by atoms with Crippen molar-refractivity contribution in [3.05, 3.63) is 64.3 Å². The summed E-state index contributed by atoms with van der Waals surface area (Å²) in [7, 11) is 3.12. The third-order valence-corrected chi connectivity index (χ3v) is 6.84. The maximum absolute atomic E-state index is 13.6. The maximum Gasteiger partial charge on any atom is 0.410 e. The lowest BCUT2D eigenvalue weighted by Crippen LogP contribution is -2.36. The van der Waals surface area contributed by atoms with Crippen molar-refractivity contribution >= 4 is 34.0 Å². The molecule has 3 aromatic rings. The average molecular weight is 497 g/mol. The van der Waals surface area contributed by atoms with Crippen LogP contribution in [0.3, 0.4) is 0 Å². The van der Waals surface area contributed by atoms with E-state index in [1.807, 2.05) is 12.1 Å². The van der Waals surface area contributed by atoms with E-state index in [0.717, 1.165) is 21.0 Å². The first-order valence-corrected chi connectivity index (χ1v) is 12.1. The highest BCUT2D eigenvalue weighted by Gasteiger charge is 2.30. The Hall–Kier alpha value is -3.79. The molecule has 9 nitrogen and oxygen atoms in total. The standard InChI is InChI=1S/C25H28N4O5S/c1-4-34-25(31)29-12-9-18-21(15-29)35-24(27-14-16-7-10-26-11-8-16)22(18)23(30)28-19-13-17(32-2)5-6-20(19)33-3/h5-8,10-11,13,27H,4,9,12,14-15H2,1-3H3,(H,28,30). The fourth-order valence-electron chi connectivity index (χ4n) is 3.92. The molecule has 0 aliphatic carbocycles. The summed E-state index contributed by atoms with van der Waals surface area (Å²) in [6, 6.07) is 9.08. The average Bonchev–Trinajstić information content (AvgIpc) is 3.26.